The number of nitrogens with zero attached hydrogens (tertiary/aromatic N) is 1. The van der Waals surface area contributed by atoms with E-state index in [-0.39, 0.29) is 6.03 Å². The molecule has 1 heterocycles. The molecule has 0 spiro atoms. The Kier molecular flexibility index (Phi) is 7.60. The molecule has 0 unspecified atom stereocenters. The minimum absolute atomic E-state index is 0.0143. The summed E-state index contributed by atoms with van der Waals surface area (Å²) in [5.74, 6) is 0. The fourth-order valence-electron chi connectivity index (χ4n) is 1.04. The fourth-order valence-corrected chi connectivity index (χ4v) is 1.04. The predicted octanol–water partition coefficient (Wildman–Crippen LogP) is -0.590. The second-order valence-corrected chi connectivity index (χ2v) is 2.98. The molecule has 92 valence electrons. The minimum atomic E-state index is -1.01. The molecule has 0 radical (unpaired) electrons. The number of nitrogens with two attached hydrogens (primary N) is 1. The summed E-state index contributed by atoms with van der Waals surface area (Å²) in [7, 11) is 0. The highest BCUT2D eigenvalue weighted by atomic mass is 16.4. The number of hydrogen-bond acceptors (Lipinski definition) is 3. The lowest BCUT2D eigenvalue weighted by Crippen LogP contribution is -2.32. The predicted molar refractivity (Wildman–Crippen MR) is 60.3 cm³/mol. The van der Waals surface area contributed by atoms with E-state index in [1.54, 1.807) is 4.90 Å². The van der Waals surface area contributed by atoms with E-state index in [9.17, 15) is 9.59 Å². The van der Waals surface area contributed by atoms with Gasteiger partial charge in [-0.25, -0.2) is 9.59 Å². The molecule has 0 aliphatic carbocycles. The standard InChI is InChI=1S/C5H11N3O.C4H7NO2/c6-1-3-8-4-2-7-5(8)9;1-2-3-5-4(6)7/h1-4,6H2,(H,7,9);2,5H,1,3H2,(H,6,7). The molecule has 1 aliphatic heterocycles. The first kappa shape index (κ1) is 14.2. The second kappa shape index (κ2) is 8.54. The van der Waals surface area contributed by atoms with Crippen molar-refractivity contribution in [3.8, 4) is 0 Å². The van der Waals surface area contributed by atoms with Crippen molar-refractivity contribution in [3.63, 3.8) is 0 Å². The van der Waals surface area contributed by atoms with Crippen LogP contribution in [0, 0.1) is 0 Å². The van der Waals surface area contributed by atoms with Crippen LogP contribution in [-0.2, 0) is 0 Å². The lowest BCUT2D eigenvalue weighted by Gasteiger charge is -2.10. The first-order chi connectivity index (χ1) is 7.61. The van der Waals surface area contributed by atoms with E-state index in [4.69, 9.17) is 10.8 Å². The van der Waals surface area contributed by atoms with Gasteiger partial charge in [0.05, 0.1) is 0 Å². The van der Waals surface area contributed by atoms with E-state index in [0.29, 0.717) is 19.6 Å². The number of urea groups is 1. The van der Waals surface area contributed by atoms with Gasteiger partial charge in [-0.15, -0.1) is 6.58 Å². The van der Waals surface area contributed by atoms with Gasteiger partial charge in [-0.05, 0) is 0 Å². The average Bonchev–Trinajstić information content (AvgIpc) is 2.63. The normalized spacial score (nSPS) is 13.6. The molecule has 0 saturated carbocycles. The molecule has 0 aromatic heterocycles. The Balaban J connectivity index is 0.000000293. The van der Waals surface area contributed by atoms with Crippen LogP contribution in [0.15, 0.2) is 12.7 Å². The minimum Gasteiger partial charge on any atom is -0.465 e. The Morgan fingerprint density at radius 2 is 2.44 bits per heavy atom. The molecule has 0 aromatic carbocycles. The molecule has 16 heavy (non-hydrogen) atoms. The quantitative estimate of drug-likeness (QED) is 0.484. The molecular formula is C9H18N4O3. The highest BCUT2D eigenvalue weighted by molar-refractivity contribution is 5.76. The largest absolute Gasteiger partial charge is 0.465 e. The van der Waals surface area contributed by atoms with Crippen LogP contribution in [0.25, 0.3) is 0 Å². The molecule has 0 bridgehead atoms. The van der Waals surface area contributed by atoms with E-state index in [0.717, 1.165) is 13.1 Å². The molecular weight excluding hydrogens is 212 g/mol. The zero-order chi connectivity index (χ0) is 12.4. The Bertz CT molecular complexity index is 245. The summed E-state index contributed by atoms with van der Waals surface area (Å²) in [6, 6.07) is 0.0143. The first-order valence-corrected chi connectivity index (χ1v) is 4.92. The number of carboxylic acid groups (broad SMARTS) is 1. The van der Waals surface area contributed by atoms with Gasteiger partial charge < -0.3 is 26.4 Å². The van der Waals surface area contributed by atoms with Gasteiger partial charge in [0.25, 0.3) is 0 Å². The molecule has 0 aromatic rings. The van der Waals surface area contributed by atoms with Crippen molar-refractivity contribution in [1.82, 2.24) is 15.5 Å². The van der Waals surface area contributed by atoms with Crippen LogP contribution in [0.1, 0.15) is 0 Å². The van der Waals surface area contributed by atoms with Crippen LogP contribution in [0.4, 0.5) is 9.59 Å². The van der Waals surface area contributed by atoms with E-state index in [2.05, 4.69) is 17.2 Å². The summed E-state index contributed by atoms with van der Waals surface area (Å²) in [4.78, 5) is 22.0. The summed E-state index contributed by atoms with van der Waals surface area (Å²) in [5.41, 5.74) is 5.25. The fraction of sp³-hybridized carbons (Fsp3) is 0.556. The van der Waals surface area contributed by atoms with Gasteiger partial charge >= 0.3 is 12.1 Å². The van der Waals surface area contributed by atoms with Crippen LogP contribution < -0.4 is 16.4 Å². The number of hydrogen-bond donors (Lipinski definition) is 4. The third-order valence-electron chi connectivity index (χ3n) is 1.74. The van der Waals surface area contributed by atoms with Crippen LogP contribution in [0.3, 0.4) is 0 Å². The van der Waals surface area contributed by atoms with E-state index in [1.807, 2.05) is 0 Å². The summed E-state index contributed by atoms with van der Waals surface area (Å²) >= 11 is 0. The van der Waals surface area contributed by atoms with Crippen LogP contribution >= 0.6 is 0 Å². The smallest absolute Gasteiger partial charge is 0.404 e. The molecule has 5 N–H and O–H groups in total. The Labute approximate surface area is 94.3 Å². The van der Waals surface area contributed by atoms with Gasteiger partial charge in [0.15, 0.2) is 0 Å². The average molecular weight is 230 g/mol. The van der Waals surface area contributed by atoms with Crippen molar-refractivity contribution in [2.24, 2.45) is 5.73 Å². The maximum atomic E-state index is 10.7. The molecule has 0 atom stereocenters. The molecule has 7 heteroatoms. The van der Waals surface area contributed by atoms with E-state index >= 15 is 0 Å². The lowest BCUT2D eigenvalue weighted by atomic mass is 10.5. The molecule has 1 saturated heterocycles. The van der Waals surface area contributed by atoms with Gasteiger partial charge in [0.1, 0.15) is 0 Å². The molecule has 3 amide bonds. The maximum absolute atomic E-state index is 10.7. The summed E-state index contributed by atoms with van der Waals surface area (Å²) in [6.45, 7) is 6.41. The Morgan fingerprint density at radius 3 is 2.75 bits per heavy atom. The molecule has 7 nitrogen and oxygen atoms in total. The highest BCUT2D eigenvalue weighted by Gasteiger charge is 2.17. The zero-order valence-corrected chi connectivity index (χ0v) is 9.11. The summed E-state index contributed by atoms with van der Waals surface area (Å²) in [5, 5.41) is 12.7. The van der Waals surface area contributed by atoms with Crippen LogP contribution in [0.5, 0.6) is 0 Å². The molecule has 1 aliphatic rings. The van der Waals surface area contributed by atoms with Gasteiger partial charge in [-0.1, -0.05) is 6.08 Å². The summed E-state index contributed by atoms with van der Waals surface area (Å²) < 4.78 is 0. The van der Waals surface area contributed by atoms with Crippen molar-refractivity contribution < 1.29 is 14.7 Å². The topological polar surface area (TPSA) is 108 Å². The Morgan fingerprint density at radius 1 is 1.75 bits per heavy atom. The lowest BCUT2D eigenvalue weighted by molar-refractivity contribution is 0.195. The highest BCUT2D eigenvalue weighted by Crippen LogP contribution is 1.93. The van der Waals surface area contributed by atoms with Crippen molar-refractivity contribution in [2.75, 3.05) is 32.7 Å². The SMILES string of the molecule is C=CCNC(=O)O.NCCN1CCNC1=O. The maximum Gasteiger partial charge on any atom is 0.404 e. The van der Waals surface area contributed by atoms with Gasteiger partial charge in [-0.2, -0.15) is 0 Å². The monoisotopic (exact) mass is 230 g/mol. The Hall–Kier alpha value is -1.76. The number of amides is 3. The zero-order valence-electron chi connectivity index (χ0n) is 9.11. The molecule has 1 rings (SSSR count). The first-order valence-electron chi connectivity index (χ1n) is 4.92. The van der Waals surface area contributed by atoms with Crippen molar-refractivity contribution in [3.05, 3.63) is 12.7 Å². The molecule has 1 fully saturated rings. The number of carbonyl (C=O) groups is 2. The van der Waals surface area contributed by atoms with E-state index < -0.39 is 6.09 Å². The van der Waals surface area contributed by atoms with Gasteiger partial charge in [-0.3, -0.25) is 0 Å². The van der Waals surface area contributed by atoms with Gasteiger partial charge in [0, 0.05) is 32.7 Å². The third-order valence-corrected chi connectivity index (χ3v) is 1.74. The van der Waals surface area contributed by atoms with Crippen LogP contribution in [-0.4, -0.2) is 54.9 Å². The van der Waals surface area contributed by atoms with Crippen molar-refractivity contribution in [2.45, 2.75) is 0 Å². The van der Waals surface area contributed by atoms with Crippen molar-refractivity contribution >= 4 is 12.1 Å². The number of nitrogens with one attached hydrogen (secondary N) is 2. The van der Waals surface area contributed by atoms with Crippen molar-refractivity contribution in [1.29, 1.82) is 0 Å². The van der Waals surface area contributed by atoms with Crippen LogP contribution in [0.2, 0.25) is 0 Å². The second-order valence-electron chi connectivity index (χ2n) is 2.98. The summed E-state index contributed by atoms with van der Waals surface area (Å²) in [6.07, 6.45) is 0.466. The van der Waals surface area contributed by atoms with Gasteiger partial charge in [0.2, 0.25) is 0 Å². The van der Waals surface area contributed by atoms with E-state index in [1.165, 1.54) is 6.08 Å². The third kappa shape index (κ3) is 6.66. The number of carbonyl (C=O) groups excluding carboxylic acids is 1. The number of rotatable bonds is 4.